The standard InChI is InChI=1S/C20H28FN3O/c1-23(2)17-10-12-24(13-11-17)19-9-8-16(14-18(19)21)22-20(25)15-6-4-3-5-7-15/h3-4,8-9,14-15,17H,5-7,10-13H2,1-2H3,(H,22,25). The molecule has 0 saturated carbocycles. The highest BCUT2D eigenvalue weighted by atomic mass is 19.1. The molecule has 0 spiro atoms. The zero-order valence-electron chi connectivity index (χ0n) is 15.2. The fraction of sp³-hybridized carbons (Fsp3) is 0.550. The highest BCUT2D eigenvalue weighted by molar-refractivity contribution is 5.93. The summed E-state index contributed by atoms with van der Waals surface area (Å²) in [7, 11) is 4.20. The zero-order valence-corrected chi connectivity index (χ0v) is 15.2. The molecule has 1 N–H and O–H groups in total. The Morgan fingerprint density at radius 1 is 1.20 bits per heavy atom. The molecule has 2 aliphatic rings. The summed E-state index contributed by atoms with van der Waals surface area (Å²) in [6.45, 7) is 1.72. The number of nitrogens with zero attached hydrogens (tertiary/aromatic N) is 2. The molecule has 1 aliphatic carbocycles. The smallest absolute Gasteiger partial charge is 0.227 e. The van der Waals surface area contributed by atoms with Gasteiger partial charge in [-0.05, 0) is 64.4 Å². The van der Waals surface area contributed by atoms with Crippen molar-refractivity contribution in [3.63, 3.8) is 0 Å². The first-order valence-electron chi connectivity index (χ1n) is 9.21. The number of hydrogen-bond donors (Lipinski definition) is 1. The van der Waals surface area contributed by atoms with E-state index in [1.54, 1.807) is 6.07 Å². The molecule has 3 rings (SSSR count). The molecule has 1 aliphatic heterocycles. The Kier molecular flexibility index (Phi) is 5.74. The molecule has 1 heterocycles. The predicted molar refractivity (Wildman–Crippen MR) is 100 cm³/mol. The second-order valence-electron chi connectivity index (χ2n) is 7.32. The number of carbonyl (C=O) groups is 1. The van der Waals surface area contributed by atoms with E-state index in [0.29, 0.717) is 17.4 Å². The van der Waals surface area contributed by atoms with Crippen molar-refractivity contribution in [2.75, 3.05) is 37.4 Å². The quantitative estimate of drug-likeness (QED) is 0.846. The molecule has 1 aromatic rings. The van der Waals surface area contributed by atoms with Crippen molar-refractivity contribution in [3.05, 3.63) is 36.2 Å². The first-order chi connectivity index (χ1) is 12.0. The molecule has 1 fully saturated rings. The van der Waals surface area contributed by atoms with Crippen LogP contribution >= 0.6 is 0 Å². The lowest BCUT2D eigenvalue weighted by Gasteiger charge is -2.36. The Balaban J connectivity index is 1.61. The summed E-state index contributed by atoms with van der Waals surface area (Å²) in [6, 6.07) is 5.63. The van der Waals surface area contributed by atoms with Gasteiger partial charge >= 0.3 is 0 Å². The summed E-state index contributed by atoms with van der Waals surface area (Å²) in [5, 5.41) is 2.87. The Hall–Kier alpha value is -1.88. The second-order valence-corrected chi connectivity index (χ2v) is 7.32. The minimum atomic E-state index is -0.260. The van der Waals surface area contributed by atoms with E-state index in [4.69, 9.17) is 0 Å². The van der Waals surface area contributed by atoms with E-state index in [-0.39, 0.29) is 17.6 Å². The molecule has 1 atom stereocenters. The van der Waals surface area contributed by atoms with Crippen molar-refractivity contribution < 1.29 is 9.18 Å². The van der Waals surface area contributed by atoms with E-state index in [9.17, 15) is 9.18 Å². The van der Waals surface area contributed by atoms with Crippen LogP contribution in [-0.4, -0.2) is 44.0 Å². The van der Waals surface area contributed by atoms with E-state index in [0.717, 1.165) is 45.2 Å². The number of allylic oxidation sites excluding steroid dienone is 2. The Labute approximate surface area is 149 Å². The van der Waals surface area contributed by atoms with Gasteiger partial charge in [0, 0.05) is 30.7 Å². The van der Waals surface area contributed by atoms with Crippen LogP contribution in [0.15, 0.2) is 30.4 Å². The van der Waals surface area contributed by atoms with E-state index >= 15 is 0 Å². The van der Waals surface area contributed by atoms with Crippen LogP contribution in [0.4, 0.5) is 15.8 Å². The average molecular weight is 345 g/mol. The summed E-state index contributed by atoms with van der Waals surface area (Å²) in [5.41, 5.74) is 1.18. The molecule has 5 heteroatoms. The van der Waals surface area contributed by atoms with E-state index in [2.05, 4.69) is 41.4 Å². The van der Waals surface area contributed by atoms with Gasteiger partial charge in [-0.3, -0.25) is 4.79 Å². The molecular formula is C20H28FN3O. The summed E-state index contributed by atoms with van der Waals surface area (Å²) in [5.74, 6) is -0.272. The maximum atomic E-state index is 14.6. The van der Waals surface area contributed by atoms with Gasteiger partial charge in [-0.15, -0.1) is 0 Å². The maximum absolute atomic E-state index is 14.6. The lowest BCUT2D eigenvalue weighted by atomic mass is 9.93. The van der Waals surface area contributed by atoms with Crippen molar-refractivity contribution >= 4 is 17.3 Å². The molecule has 0 radical (unpaired) electrons. The number of halogens is 1. The number of anilines is 2. The predicted octanol–water partition coefficient (Wildman–Crippen LogP) is 3.65. The molecule has 136 valence electrons. The number of rotatable bonds is 4. The molecule has 1 aromatic carbocycles. The average Bonchev–Trinajstić information content (AvgIpc) is 2.62. The van der Waals surface area contributed by atoms with Gasteiger partial charge in [0.15, 0.2) is 0 Å². The molecule has 1 unspecified atom stereocenters. The van der Waals surface area contributed by atoms with Gasteiger partial charge in [0.05, 0.1) is 5.69 Å². The number of amides is 1. The van der Waals surface area contributed by atoms with Gasteiger partial charge in [-0.1, -0.05) is 12.2 Å². The Morgan fingerprint density at radius 3 is 2.56 bits per heavy atom. The van der Waals surface area contributed by atoms with Gasteiger partial charge in [0.25, 0.3) is 0 Å². The van der Waals surface area contributed by atoms with Crippen LogP contribution < -0.4 is 10.2 Å². The van der Waals surface area contributed by atoms with Crippen LogP contribution in [0.5, 0.6) is 0 Å². The van der Waals surface area contributed by atoms with Crippen LogP contribution in [0.1, 0.15) is 32.1 Å². The fourth-order valence-corrected chi connectivity index (χ4v) is 3.74. The summed E-state index contributed by atoms with van der Waals surface area (Å²) in [6.07, 6.45) is 8.82. The Bertz CT molecular complexity index is 636. The van der Waals surface area contributed by atoms with E-state index in [1.165, 1.54) is 6.07 Å². The minimum absolute atomic E-state index is 0.00204. The Morgan fingerprint density at radius 2 is 1.96 bits per heavy atom. The molecule has 1 saturated heterocycles. The normalized spacial score (nSPS) is 21.6. The van der Waals surface area contributed by atoms with Gasteiger partial charge in [0.2, 0.25) is 5.91 Å². The fourth-order valence-electron chi connectivity index (χ4n) is 3.74. The second kappa shape index (κ2) is 8.00. The van der Waals surface area contributed by atoms with Crippen molar-refractivity contribution in [2.45, 2.75) is 38.1 Å². The number of carbonyl (C=O) groups excluding carboxylic acids is 1. The molecule has 0 bridgehead atoms. The third-order valence-corrected chi connectivity index (χ3v) is 5.39. The van der Waals surface area contributed by atoms with Gasteiger partial charge < -0.3 is 15.1 Å². The molecule has 0 aromatic heterocycles. The monoisotopic (exact) mass is 345 g/mol. The third-order valence-electron chi connectivity index (χ3n) is 5.39. The van der Waals surface area contributed by atoms with Crippen molar-refractivity contribution in [1.82, 2.24) is 4.90 Å². The molecular weight excluding hydrogens is 317 g/mol. The van der Waals surface area contributed by atoms with Crippen LogP contribution in [0, 0.1) is 11.7 Å². The van der Waals surface area contributed by atoms with Crippen LogP contribution in [0.25, 0.3) is 0 Å². The third kappa shape index (κ3) is 4.40. The highest BCUT2D eigenvalue weighted by Gasteiger charge is 2.23. The van der Waals surface area contributed by atoms with E-state index < -0.39 is 0 Å². The number of hydrogen-bond acceptors (Lipinski definition) is 3. The largest absolute Gasteiger partial charge is 0.369 e. The summed E-state index contributed by atoms with van der Waals surface area (Å²) in [4.78, 5) is 16.6. The topological polar surface area (TPSA) is 35.6 Å². The van der Waals surface area contributed by atoms with Crippen molar-refractivity contribution in [1.29, 1.82) is 0 Å². The SMILES string of the molecule is CN(C)C1CCN(c2ccc(NC(=O)C3CC=CCC3)cc2F)CC1. The zero-order chi connectivity index (χ0) is 17.8. The van der Waals surface area contributed by atoms with Crippen molar-refractivity contribution in [3.8, 4) is 0 Å². The van der Waals surface area contributed by atoms with E-state index in [1.807, 2.05) is 6.07 Å². The van der Waals surface area contributed by atoms with Gasteiger partial charge in [0.1, 0.15) is 5.82 Å². The highest BCUT2D eigenvalue weighted by Crippen LogP contribution is 2.27. The van der Waals surface area contributed by atoms with Gasteiger partial charge in [-0.2, -0.15) is 0 Å². The lowest BCUT2D eigenvalue weighted by molar-refractivity contribution is -0.120. The van der Waals surface area contributed by atoms with Gasteiger partial charge in [-0.25, -0.2) is 4.39 Å². The van der Waals surface area contributed by atoms with Crippen molar-refractivity contribution in [2.24, 2.45) is 5.92 Å². The number of piperidine rings is 1. The lowest BCUT2D eigenvalue weighted by Crippen LogP contribution is -2.42. The summed E-state index contributed by atoms with van der Waals surface area (Å²) < 4.78 is 14.6. The maximum Gasteiger partial charge on any atom is 0.227 e. The molecule has 25 heavy (non-hydrogen) atoms. The number of benzene rings is 1. The number of nitrogens with one attached hydrogen (secondary N) is 1. The van der Waals surface area contributed by atoms with Crippen LogP contribution in [0.3, 0.4) is 0 Å². The van der Waals surface area contributed by atoms with Crippen LogP contribution in [-0.2, 0) is 4.79 Å². The summed E-state index contributed by atoms with van der Waals surface area (Å²) >= 11 is 0. The minimum Gasteiger partial charge on any atom is -0.369 e. The van der Waals surface area contributed by atoms with Crippen LogP contribution in [0.2, 0.25) is 0 Å². The first-order valence-corrected chi connectivity index (χ1v) is 9.21. The first kappa shape index (κ1) is 17.9. The molecule has 1 amide bonds. The molecule has 4 nitrogen and oxygen atoms in total.